The van der Waals surface area contributed by atoms with Gasteiger partial charge in [-0.15, -0.1) is 0 Å². The van der Waals surface area contributed by atoms with Gasteiger partial charge in [0.1, 0.15) is 0 Å². The van der Waals surface area contributed by atoms with Gasteiger partial charge in [-0.05, 0) is 6.92 Å². The van der Waals surface area contributed by atoms with Crippen molar-refractivity contribution in [3.8, 4) is 0 Å². The van der Waals surface area contributed by atoms with Gasteiger partial charge < -0.3 is 4.90 Å². The third-order valence-corrected chi connectivity index (χ3v) is 1.85. The van der Waals surface area contributed by atoms with Crippen molar-refractivity contribution in [3.05, 3.63) is 0 Å². The summed E-state index contributed by atoms with van der Waals surface area (Å²) in [6, 6.07) is -0.331. The summed E-state index contributed by atoms with van der Waals surface area (Å²) in [4.78, 5) is 11.7. The fourth-order valence-corrected chi connectivity index (χ4v) is 1.05. The maximum Gasteiger partial charge on any atom is 0.326 e. The molecule has 1 amide bonds. The van der Waals surface area contributed by atoms with E-state index in [1.165, 1.54) is 7.05 Å². The second-order valence-electron chi connectivity index (χ2n) is 2.67. The van der Waals surface area contributed by atoms with Crippen LogP contribution in [0.25, 0.3) is 0 Å². The van der Waals surface area contributed by atoms with E-state index in [0.29, 0.717) is 0 Å². The van der Waals surface area contributed by atoms with E-state index in [1.807, 2.05) is 0 Å². The van der Waals surface area contributed by atoms with Crippen LogP contribution in [0.15, 0.2) is 0 Å². The zero-order chi connectivity index (χ0) is 7.94. The van der Waals surface area contributed by atoms with Gasteiger partial charge in [0, 0.05) is 19.5 Å². The molecule has 1 unspecified atom stereocenters. The number of amides is 1. The maximum atomic E-state index is 12.4. The molecule has 0 aromatic rings. The molecule has 0 radical (unpaired) electrons. The van der Waals surface area contributed by atoms with Crippen LogP contribution in [0.1, 0.15) is 13.3 Å². The molecule has 58 valence electrons. The van der Waals surface area contributed by atoms with Gasteiger partial charge in [0.05, 0.1) is 0 Å². The highest BCUT2D eigenvalue weighted by molar-refractivity contribution is 5.85. The summed E-state index contributed by atoms with van der Waals surface area (Å²) >= 11 is 0. The summed E-state index contributed by atoms with van der Waals surface area (Å²) in [6.07, 6.45) is -0.345. The molecule has 10 heavy (non-hydrogen) atoms. The monoisotopic (exact) mass is 149 g/mol. The molecular formula is C6H9F2NO. The summed E-state index contributed by atoms with van der Waals surface area (Å²) in [5.41, 5.74) is 0. The molecule has 2 nitrogen and oxygen atoms in total. The third kappa shape index (κ3) is 0.874. The van der Waals surface area contributed by atoms with Crippen molar-refractivity contribution >= 4 is 5.91 Å². The van der Waals surface area contributed by atoms with E-state index in [4.69, 9.17) is 0 Å². The van der Waals surface area contributed by atoms with E-state index >= 15 is 0 Å². The minimum Gasteiger partial charge on any atom is -0.338 e. The highest BCUT2D eigenvalue weighted by Crippen LogP contribution is 2.31. The molecule has 0 saturated carbocycles. The van der Waals surface area contributed by atoms with E-state index in [2.05, 4.69) is 0 Å². The van der Waals surface area contributed by atoms with Crippen LogP contribution in [0, 0.1) is 0 Å². The Balaban J connectivity index is 2.82. The van der Waals surface area contributed by atoms with Gasteiger partial charge in [0.2, 0.25) is 0 Å². The number of nitrogens with zero attached hydrogens (tertiary/aromatic N) is 1. The molecule has 1 heterocycles. The van der Waals surface area contributed by atoms with E-state index in [-0.39, 0.29) is 12.5 Å². The fraction of sp³-hybridized carbons (Fsp3) is 0.833. The highest BCUT2D eigenvalue weighted by atomic mass is 19.3. The minimum atomic E-state index is -3.12. The van der Waals surface area contributed by atoms with E-state index in [9.17, 15) is 13.6 Å². The Hall–Kier alpha value is -0.670. The lowest BCUT2D eigenvalue weighted by Gasteiger charge is -2.12. The molecule has 0 aromatic carbocycles. The molecule has 1 fully saturated rings. The van der Waals surface area contributed by atoms with Crippen molar-refractivity contribution in [2.45, 2.75) is 25.3 Å². The van der Waals surface area contributed by atoms with Gasteiger partial charge in [-0.25, -0.2) is 0 Å². The maximum absolute atomic E-state index is 12.4. The van der Waals surface area contributed by atoms with Gasteiger partial charge in [0.25, 0.3) is 5.91 Å². The quantitative estimate of drug-likeness (QED) is 0.500. The van der Waals surface area contributed by atoms with Gasteiger partial charge >= 0.3 is 5.92 Å². The Kier molecular flexibility index (Phi) is 1.42. The van der Waals surface area contributed by atoms with Crippen LogP contribution < -0.4 is 0 Å². The number of alkyl halides is 2. The minimum absolute atomic E-state index is 0.331. The van der Waals surface area contributed by atoms with Crippen molar-refractivity contribution in [2.75, 3.05) is 7.05 Å². The van der Waals surface area contributed by atoms with Crippen LogP contribution in [-0.4, -0.2) is 29.8 Å². The van der Waals surface area contributed by atoms with Crippen LogP contribution in [0.3, 0.4) is 0 Å². The smallest absolute Gasteiger partial charge is 0.326 e. The Morgan fingerprint density at radius 2 is 2.20 bits per heavy atom. The van der Waals surface area contributed by atoms with Crippen molar-refractivity contribution < 1.29 is 13.6 Å². The summed E-state index contributed by atoms with van der Waals surface area (Å²) in [6.45, 7) is 1.61. The predicted molar refractivity (Wildman–Crippen MR) is 31.8 cm³/mol. The molecular weight excluding hydrogens is 140 g/mol. The molecule has 0 aliphatic carbocycles. The second-order valence-corrected chi connectivity index (χ2v) is 2.67. The first-order valence-corrected chi connectivity index (χ1v) is 3.10. The molecule has 0 bridgehead atoms. The van der Waals surface area contributed by atoms with Crippen LogP contribution in [-0.2, 0) is 4.79 Å². The summed E-state index contributed by atoms with van der Waals surface area (Å²) < 4.78 is 24.9. The van der Waals surface area contributed by atoms with Crippen molar-refractivity contribution in [1.29, 1.82) is 0 Å². The van der Waals surface area contributed by atoms with Crippen LogP contribution in [0.5, 0.6) is 0 Å². The third-order valence-electron chi connectivity index (χ3n) is 1.85. The van der Waals surface area contributed by atoms with Gasteiger partial charge in [-0.2, -0.15) is 8.78 Å². The number of hydrogen-bond donors (Lipinski definition) is 0. The lowest BCUT2D eigenvalue weighted by atomic mass is 10.2. The highest BCUT2D eigenvalue weighted by Gasteiger charge is 2.50. The molecule has 1 saturated heterocycles. The van der Waals surface area contributed by atoms with E-state index in [0.717, 1.165) is 4.90 Å². The second kappa shape index (κ2) is 1.90. The Morgan fingerprint density at radius 3 is 2.30 bits per heavy atom. The van der Waals surface area contributed by atoms with Crippen molar-refractivity contribution in [1.82, 2.24) is 4.90 Å². The zero-order valence-electron chi connectivity index (χ0n) is 5.90. The number of hydrogen-bond acceptors (Lipinski definition) is 1. The molecule has 1 atom stereocenters. The molecule has 0 aromatic heterocycles. The fourth-order valence-electron chi connectivity index (χ4n) is 1.05. The summed E-state index contributed by atoms with van der Waals surface area (Å²) in [5.74, 6) is -4.17. The zero-order valence-corrected chi connectivity index (χ0v) is 5.90. The molecule has 0 spiro atoms. The van der Waals surface area contributed by atoms with Crippen molar-refractivity contribution in [3.63, 3.8) is 0 Å². The average molecular weight is 149 g/mol. The number of carbonyl (C=O) groups excluding carboxylic acids is 1. The molecule has 1 aliphatic heterocycles. The largest absolute Gasteiger partial charge is 0.338 e. The summed E-state index contributed by atoms with van der Waals surface area (Å²) in [5, 5.41) is 0. The van der Waals surface area contributed by atoms with Crippen molar-refractivity contribution in [2.24, 2.45) is 0 Å². The molecule has 1 aliphatic rings. The van der Waals surface area contributed by atoms with Crippen LogP contribution >= 0.6 is 0 Å². The standard InChI is InChI=1S/C6H9F2NO/c1-4-3-6(7,8)5(10)9(4)2/h4H,3H2,1-2H3. The van der Waals surface area contributed by atoms with Gasteiger partial charge in [-0.3, -0.25) is 4.79 Å². The average Bonchev–Trinajstić information content (AvgIpc) is 1.95. The first kappa shape index (κ1) is 7.44. The number of carbonyl (C=O) groups is 1. The molecule has 4 heteroatoms. The predicted octanol–water partition coefficient (Wildman–Crippen LogP) is 0.872. The topological polar surface area (TPSA) is 20.3 Å². The molecule has 0 N–H and O–H groups in total. The van der Waals surface area contributed by atoms with Gasteiger partial charge in [-0.1, -0.05) is 0 Å². The Morgan fingerprint density at radius 1 is 1.70 bits per heavy atom. The Bertz CT molecular complexity index is 169. The Labute approximate surface area is 57.8 Å². The van der Waals surface area contributed by atoms with E-state index in [1.54, 1.807) is 6.92 Å². The lowest BCUT2D eigenvalue weighted by Crippen LogP contribution is -2.31. The van der Waals surface area contributed by atoms with E-state index < -0.39 is 11.8 Å². The number of likely N-dealkylation sites (tertiary alicyclic amines) is 1. The lowest BCUT2D eigenvalue weighted by molar-refractivity contribution is -0.146. The van der Waals surface area contributed by atoms with Gasteiger partial charge in [0.15, 0.2) is 0 Å². The molecule has 1 rings (SSSR count). The summed E-state index contributed by atoms with van der Waals surface area (Å²) in [7, 11) is 1.40. The number of rotatable bonds is 0. The normalized spacial score (nSPS) is 31.4. The SMILES string of the molecule is CC1CC(F)(F)C(=O)N1C. The van der Waals surface area contributed by atoms with Crippen LogP contribution in [0.2, 0.25) is 0 Å². The number of halogens is 2. The first-order chi connectivity index (χ1) is 4.45. The first-order valence-electron chi connectivity index (χ1n) is 3.10. The van der Waals surface area contributed by atoms with Crippen LogP contribution in [0.4, 0.5) is 8.78 Å².